The van der Waals surface area contributed by atoms with Crippen LogP contribution in [0.3, 0.4) is 0 Å². The van der Waals surface area contributed by atoms with Crippen molar-refractivity contribution in [3.05, 3.63) is 34.8 Å². The molecule has 0 aliphatic carbocycles. The molecular formula is C20H27F3N4O3. The fraction of sp³-hybridized carbons (Fsp3) is 0.550. The molecule has 0 amide bonds. The summed E-state index contributed by atoms with van der Waals surface area (Å²) < 4.78 is 53.9. The van der Waals surface area contributed by atoms with Crippen LogP contribution in [0.5, 0.6) is 11.6 Å². The summed E-state index contributed by atoms with van der Waals surface area (Å²) in [4.78, 5) is 17.8. The van der Waals surface area contributed by atoms with Crippen molar-refractivity contribution in [3.63, 3.8) is 0 Å². The second-order valence-corrected chi connectivity index (χ2v) is 8.09. The summed E-state index contributed by atoms with van der Waals surface area (Å²) >= 11 is 0. The van der Waals surface area contributed by atoms with E-state index in [4.69, 9.17) is 9.47 Å². The molecule has 0 radical (unpaired) electrons. The number of aromatic nitrogens is 3. The Kier molecular flexibility index (Phi) is 6.80. The maximum absolute atomic E-state index is 13.9. The van der Waals surface area contributed by atoms with E-state index in [1.807, 2.05) is 0 Å². The minimum absolute atomic E-state index is 0.00672. The zero-order chi connectivity index (χ0) is 22.9. The van der Waals surface area contributed by atoms with E-state index in [1.54, 1.807) is 53.6 Å². The molecule has 2 heterocycles. The van der Waals surface area contributed by atoms with Gasteiger partial charge in [-0.25, -0.2) is 9.48 Å². The van der Waals surface area contributed by atoms with Gasteiger partial charge in [-0.3, -0.25) is 4.98 Å². The van der Waals surface area contributed by atoms with Crippen molar-refractivity contribution in [3.8, 4) is 11.6 Å². The number of halogens is 3. The third-order valence-electron chi connectivity index (χ3n) is 4.14. The predicted molar refractivity (Wildman–Crippen MR) is 105 cm³/mol. The van der Waals surface area contributed by atoms with Gasteiger partial charge in [0.1, 0.15) is 5.56 Å². The standard InChI is InChI=1S/C20H27F3N4O3/c1-8-29-18(28)16-12(2)17(27(25-16)19(3,4)5)30-14-10-24-9-13(11-26(6)7)15(14)20(21,22)23/h9-10H,8,11H2,1-7H3. The number of nitrogens with zero attached hydrogens (tertiary/aromatic N) is 4. The zero-order valence-corrected chi connectivity index (χ0v) is 18.2. The normalized spacial score (nSPS) is 12.4. The molecule has 0 aromatic carbocycles. The number of hydrogen-bond donors (Lipinski definition) is 0. The Morgan fingerprint density at radius 3 is 2.33 bits per heavy atom. The van der Waals surface area contributed by atoms with Crippen LogP contribution in [0.15, 0.2) is 12.4 Å². The smallest absolute Gasteiger partial charge is 0.420 e. The van der Waals surface area contributed by atoms with E-state index in [1.165, 1.54) is 10.9 Å². The van der Waals surface area contributed by atoms with Crippen LogP contribution in [-0.4, -0.2) is 46.3 Å². The van der Waals surface area contributed by atoms with Crippen molar-refractivity contribution in [2.75, 3.05) is 20.7 Å². The number of pyridine rings is 1. The number of carbonyl (C=O) groups is 1. The van der Waals surface area contributed by atoms with E-state index < -0.39 is 29.0 Å². The van der Waals surface area contributed by atoms with E-state index in [9.17, 15) is 18.0 Å². The molecule has 0 unspecified atom stereocenters. The van der Waals surface area contributed by atoms with Crippen LogP contribution in [-0.2, 0) is 23.0 Å². The number of carbonyl (C=O) groups excluding carboxylic acids is 1. The fourth-order valence-electron chi connectivity index (χ4n) is 2.89. The molecule has 2 aromatic rings. The van der Waals surface area contributed by atoms with Gasteiger partial charge in [-0.05, 0) is 48.7 Å². The molecule has 0 saturated carbocycles. The average Bonchev–Trinajstić information content (AvgIpc) is 2.90. The molecule has 30 heavy (non-hydrogen) atoms. The lowest BCUT2D eigenvalue weighted by atomic mass is 10.1. The Labute approximate surface area is 173 Å². The molecule has 2 aromatic heterocycles. The largest absolute Gasteiger partial charge is 0.461 e. The van der Waals surface area contributed by atoms with Crippen molar-refractivity contribution in [1.82, 2.24) is 19.7 Å². The maximum atomic E-state index is 13.9. The Balaban J connectivity index is 2.66. The van der Waals surface area contributed by atoms with Gasteiger partial charge in [0, 0.05) is 23.9 Å². The van der Waals surface area contributed by atoms with Gasteiger partial charge in [0.15, 0.2) is 11.4 Å². The highest BCUT2D eigenvalue weighted by atomic mass is 19.4. The summed E-state index contributed by atoms with van der Waals surface area (Å²) in [5.74, 6) is -1.09. The van der Waals surface area contributed by atoms with Crippen LogP contribution < -0.4 is 4.74 Å². The Bertz CT molecular complexity index is 915. The third-order valence-corrected chi connectivity index (χ3v) is 4.14. The predicted octanol–water partition coefficient (Wildman–Crippen LogP) is 4.39. The van der Waals surface area contributed by atoms with Crippen molar-refractivity contribution in [1.29, 1.82) is 0 Å². The summed E-state index contributed by atoms with van der Waals surface area (Å²) in [6, 6.07) is 0. The molecule has 2 rings (SSSR count). The Morgan fingerprint density at radius 2 is 1.83 bits per heavy atom. The first-order chi connectivity index (χ1) is 13.8. The van der Waals surface area contributed by atoms with E-state index >= 15 is 0 Å². The van der Waals surface area contributed by atoms with Gasteiger partial charge in [-0.15, -0.1) is 0 Å². The molecule has 0 aliphatic heterocycles. The summed E-state index contributed by atoms with van der Waals surface area (Å²) in [5, 5.41) is 4.27. The van der Waals surface area contributed by atoms with Crippen LogP contribution in [0.1, 0.15) is 54.9 Å². The fourth-order valence-corrected chi connectivity index (χ4v) is 2.89. The lowest BCUT2D eigenvalue weighted by molar-refractivity contribution is -0.139. The van der Waals surface area contributed by atoms with Crippen molar-refractivity contribution in [2.45, 2.75) is 52.9 Å². The van der Waals surface area contributed by atoms with E-state index in [0.29, 0.717) is 0 Å². The van der Waals surface area contributed by atoms with Crippen molar-refractivity contribution >= 4 is 5.97 Å². The SMILES string of the molecule is CCOC(=O)c1nn(C(C)(C)C)c(Oc2cncc(CN(C)C)c2C(F)(F)F)c1C. The minimum Gasteiger partial charge on any atom is -0.461 e. The summed E-state index contributed by atoms with van der Waals surface area (Å²) in [6.45, 7) is 8.78. The summed E-state index contributed by atoms with van der Waals surface area (Å²) in [5.41, 5.74) is -1.32. The lowest BCUT2D eigenvalue weighted by Gasteiger charge is -2.24. The third kappa shape index (κ3) is 5.10. The molecule has 0 N–H and O–H groups in total. The first-order valence-electron chi connectivity index (χ1n) is 9.41. The number of hydrogen-bond acceptors (Lipinski definition) is 6. The molecule has 0 spiro atoms. The Morgan fingerprint density at radius 1 is 1.20 bits per heavy atom. The van der Waals surface area contributed by atoms with Crippen molar-refractivity contribution in [2.24, 2.45) is 0 Å². The van der Waals surface area contributed by atoms with E-state index in [0.717, 1.165) is 6.20 Å². The first kappa shape index (κ1) is 23.7. The summed E-state index contributed by atoms with van der Waals surface area (Å²) in [6.07, 6.45) is -2.47. The average molecular weight is 428 g/mol. The summed E-state index contributed by atoms with van der Waals surface area (Å²) in [7, 11) is 3.33. The second kappa shape index (κ2) is 8.63. The highest BCUT2D eigenvalue weighted by molar-refractivity contribution is 5.89. The molecule has 10 heteroatoms. The van der Waals surface area contributed by atoms with Gasteiger partial charge >= 0.3 is 12.1 Å². The van der Waals surface area contributed by atoms with Crippen LogP contribution in [0.2, 0.25) is 0 Å². The van der Waals surface area contributed by atoms with Crippen LogP contribution in [0.4, 0.5) is 13.2 Å². The van der Waals surface area contributed by atoms with E-state index in [2.05, 4.69) is 10.1 Å². The molecule has 0 aliphatic rings. The highest BCUT2D eigenvalue weighted by Crippen LogP contribution is 2.41. The van der Waals surface area contributed by atoms with Crippen LogP contribution in [0.25, 0.3) is 0 Å². The van der Waals surface area contributed by atoms with Crippen molar-refractivity contribution < 1.29 is 27.4 Å². The maximum Gasteiger partial charge on any atom is 0.420 e. The van der Waals surface area contributed by atoms with Gasteiger partial charge < -0.3 is 14.4 Å². The monoisotopic (exact) mass is 428 g/mol. The zero-order valence-electron chi connectivity index (χ0n) is 18.2. The number of esters is 1. The number of ether oxygens (including phenoxy) is 2. The minimum atomic E-state index is -4.66. The molecule has 166 valence electrons. The molecule has 0 atom stereocenters. The number of alkyl halides is 3. The second-order valence-electron chi connectivity index (χ2n) is 8.09. The van der Waals surface area contributed by atoms with Crippen LogP contribution in [0, 0.1) is 6.92 Å². The van der Waals surface area contributed by atoms with E-state index in [-0.39, 0.29) is 35.9 Å². The molecular weight excluding hydrogens is 401 g/mol. The topological polar surface area (TPSA) is 69.5 Å². The highest BCUT2D eigenvalue weighted by Gasteiger charge is 2.39. The lowest BCUT2D eigenvalue weighted by Crippen LogP contribution is -2.24. The molecule has 0 saturated heterocycles. The van der Waals surface area contributed by atoms with Crippen LogP contribution >= 0.6 is 0 Å². The molecule has 0 bridgehead atoms. The van der Waals surface area contributed by atoms with Gasteiger partial charge in [-0.1, -0.05) is 0 Å². The first-order valence-corrected chi connectivity index (χ1v) is 9.41. The molecule has 7 nitrogen and oxygen atoms in total. The van der Waals surface area contributed by atoms with Gasteiger partial charge in [0.25, 0.3) is 0 Å². The van der Waals surface area contributed by atoms with Gasteiger partial charge in [0.2, 0.25) is 5.88 Å². The number of rotatable bonds is 6. The quantitative estimate of drug-likeness (QED) is 0.636. The van der Waals surface area contributed by atoms with Gasteiger partial charge in [0.05, 0.1) is 18.3 Å². The Hall–Kier alpha value is -2.62. The van der Waals surface area contributed by atoms with Gasteiger partial charge in [-0.2, -0.15) is 18.3 Å². The molecule has 0 fully saturated rings.